The maximum Gasteiger partial charge on any atom is 0.224 e. The van der Waals surface area contributed by atoms with Crippen molar-refractivity contribution in [3.63, 3.8) is 0 Å². The van der Waals surface area contributed by atoms with Crippen molar-refractivity contribution in [2.75, 3.05) is 13.7 Å². The van der Waals surface area contributed by atoms with Gasteiger partial charge in [0.1, 0.15) is 18.5 Å². The molecule has 0 aromatic heterocycles. The summed E-state index contributed by atoms with van der Waals surface area (Å²) >= 11 is 3.67. The summed E-state index contributed by atoms with van der Waals surface area (Å²) < 4.78 is 18.8. The number of benzene rings is 2. The monoisotopic (exact) mass is 515 g/mol. The number of ether oxygens (including phenoxy) is 2. The Hall–Kier alpha value is -1.58. The van der Waals surface area contributed by atoms with Crippen LogP contribution in [-0.4, -0.2) is 28.9 Å². The first-order valence-electron chi connectivity index (χ1n) is 11.0. The summed E-state index contributed by atoms with van der Waals surface area (Å²) in [5.74, 6) is 7.41. The molecule has 0 heterocycles. The lowest BCUT2D eigenvalue weighted by atomic mass is 10.1. The molecule has 2 rings (SSSR count). The molecular weight excluding hydrogens is 480 g/mol. The van der Waals surface area contributed by atoms with E-state index in [9.17, 15) is 0 Å². The first-order chi connectivity index (χ1) is 15.0. The minimum atomic E-state index is -1.17. The van der Waals surface area contributed by atoms with E-state index in [1.54, 1.807) is 7.11 Å². The standard InChI is InChI=1S/C27H36BrO3Si/c1-26(2,3)32(27(4,5)6)31-24(19-22-11-8-9-13-25(22)28)12-10-18-30-20-21-14-16-23(29-7)17-15-21/h8-9,11,13-17,24H,18-20H2,1-7H3. The molecule has 3 nitrogen and oxygen atoms in total. The Bertz CT molecular complexity index is 887. The highest BCUT2D eigenvalue weighted by atomic mass is 79.9. The predicted octanol–water partition coefficient (Wildman–Crippen LogP) is 7.20. The molecule has 5 heteroatoms. The van der Waals surface area contributed by atoms with Crippen molar-refractivity contribution in [2.45, 2.75) is 70.8 Å². The van der Waals surface area contributed by atoms with Crippen LogP contribution in [0.1, 0.15) is 52.7 Å². The van der Waals surface area contributed by atoms with Gasteiger partial charge in [0, 0.05) is 10.9 Å². The fourth-order valence-electron chi connectivity index (χ4n) is 3.70. The Morgan fingerprint density at radius 2 is 1.56 bits per heavy atom. The van der Waals surface area contributed by atoms with E-state index in [0.29, 0.717) is 13.2 Å². The van der Waals surface area contributed by atoms with Crippen LogP contribution in [0, 0.1) is 11.8 Å². The smallest absolute Gasteiger partial charge is 0.224 e. The average Bonchev–Trinajstić information content (AvgIpc) is 2.71. The lowest BCUT2D eigenvalue weighted by Gasteiger charge is -2.39. The summed E-state index contributed by atoms with van der Waals surface area (Å²) in [4.78, 5) is 0. The van der Waals surface area contributed by atoms with Gasteiger partial charge in [-0.2, -0.15) is 0 Å². The van der Waals surface area contributed by atoms with Gasteiger partial charge in [-0.15, -0.1) is 0 Å². The van der Waals surface area contributed by atoms with Crippen LogP contribution in [0.3, 0.4) is 0 Å². The average molecular weight is 517 g/mol. The first-order valence-corrected chi connectivity index (χ1v) is 13.2. The van der Waals surface area contributed by atoms with E-state index in [1.807, 2.05) is 30.3 Å². The molecule has 0 saturated carbocycles. The van der Waals surface area contributed by atoms with Crippen molar-refractivity contribution in [3.05, 3.63) is 64.1 Å². The van der Waals surface area contributed by atoms with Crippen molar-refractivity contribution in [1.29, 1.82) is 0 Å². The molecule has 0 fully saturated rings. The van der Waals surface area contributed by atoms with Crippen LogP contribution in [0.15, 0.2) is 53.0 Å². The largest absolute Gasteiger partial charge is 0.497 e. The lowest BCUT2D eigenvalue weighted by Crippen LogP contribution is -2.41. The highest BCUT2D eigenvalue weighted by Gasteiger charge is 2.40. The second-order valence-electron chi connectivity index (χ2n) is 9.89. The molecular formula is C27H36BrO3Si. The third kappa shape index (κ3) is 8.75. The summed E-state index contributed by atoms with van der Waals surface area (Å²) in [5.41, 5.74) is 2.30. The third-order valence-corrected chi connectivity index (χ3v) is 8.87. The molecule has 0 amide bonds. The SMILES string of the molecule is COc1ccc(COCC#CC(Cc2ccccc2Br)O[Si](C(C)(C)C)C(C)(C)C)cc1. The molecule has 0 aliphatic carbocycles. The van der Waals surface area contributed by atoms with Gasteiger partial charge >= 0.3 is 0 Å². The van der Waals surface area contributed by atoms with Crippen molar-refractivity contribution in [2.24, 2.45) is 0 Å². The zero-order valence-corrected chi connectivity index (χ0v) is 23.0. The van der Waals surface area contributed by atoms with E-state index in [1.165, 1.54) is 5.56 Å². The molecule has 1 atom stereocenters. The second kappa shape index (κ2) is 12.0. The van der Waals surface area contributed by atoms with Gasteiger partial charge in [0.2, 0.25) is 9.04 Å². The van der Waals surface area contributed by atoms with Gasteiger partial charge in [0.05, 0.1) is 13.7 Å². The fraction of sp³-hybridized carbons (Fsp3) is 0.481. The quantitative estimate of drug-likeness (QED) is 0.211. The minimum Gasteiger partial charge on any atom is -0.497 e. The number of methoxy groups -OCH3 is 1. The highest BCUT2D eigenvalue weighted by Crippen LogP contribution is 2.43. The van der Waals surface area contributed by atoms with Crippen LogP contribution >= 0.6 is 15.9 Å². The van der Waals surface area contributed by atoms with Crippen molar-refractivity contribution >= 4 is 25.0 Å². The highest BCUT2D eigenvalue weighted by molar-refractivity contribution is 9.10. The van der Waals surface area contributed by atoms with E-state index < -0.39 is 9.04 Å². The zero-order chi connectivity index (χ0) is 23.8. The van der Waals surface area contributed by atoms with E-state index in [0.717, 1.165) is 22.2 Å². The Labute approximate surface area is 204 Å². The number of hydrogen-bond acceptors (Lipinski definition) is 3. The topological polar surface area (TPSA) is 27.7 Å². The molecule has 32 heavy (non-hydrogen) atoms. The number of rotatable bonds is 8. The van der Waals surface area contributed by atoms with Crippen LogP contribution < -0.4 is 4.74 Å². The fourth-order valence-corrected chi connectivity index (χ4v) is 7.53. The van der Waals surface area contributed by atoms with Gasteiger partial charge in [-0.1, -0.05) is 99.6 Å². The molecule has 0 aliphatic heterocycles. The van der Waals surface area contributed by atoms with E-state index >= 15 is 0 Å². The number of halogens is 1. The third-order valence-electron chi connectivity index (χ3n) is 4.85. The van der Waals surface area contributed by atoms with Gasteiger partial charge < -0.3 is 13.9 Å². The van der Waals surface area contributed by atoms with Crippen molar-refractivity contribution in [1.82, 2.24) is 0 Å². The molecule has 2 aromatic carbocycles. The lowest BCUT2D eigenvalue weighted by molar-refractivity contribution is 0.153. The summed E-state index contributed by atoms with van der Waals surface area (Å²) in [6, 6.07) is 16.2. The van der Waals surface area contributed by atoms with Crippen LogP contribution in [0.5, 0.6) is 5.75 Å². The summed E-state index contributed by atoms with van der Waals surface area (Å²) in [5, 5.41) is 0.198. The Morgan fingerprint density at radius 3 is 2.12 bits per heavy atom. The summed E-state index contributed by atoms with van der Waals surface area (Å²) in [6.45, 7) is 14.5. The van der Waals surface area contributed by atoms with Gasteiger partial charge in [-0.3, -0.25) is 0 Å². The number of hydrogen-bond donors (Lipinski definition) is 0. The second-order valence-corrected chi connectivity index (χ2v) is 14.6. The van der Waals surface area contributed by atoms with Crippen LogP contribution in [0.25, 0.3) is 0 Å². The molecule has 0 bridgehead atoms. The molecule has 2 aromatic rings. The molecule has 1 radical (unpaired) electrons. The van der Waals surface area contributed by atoms with Gasteiger partial charge in [-0.05, 0) is 39.4 Å². The van der Waals surface area contributed by atoms with E-state index in [-0.39, 0.29) is 16.2 Å². The molecule has 1 unspecified atom stereocenters. The Kier molecular flexibility index (Phi) is 10.0. The van der Waals surface area contributed by atoms with Crippen LogP contribution in [0.4, 0.5) is 0 Å². The molecule has 0 aliphatic rings. The van der Waals surface area contributed by atoms with Gasteiger partial charge in [0.25, 0.3) is 0 Å². The predicted molar refractivity (Wildman–Crippen MR) is 138 cm³/mol. The molecule has 0 spiro atoms. The Morgan fingerprint density at radius 1 is 0.938 bits per heavy atom. The van der Waals surface area contributed by atoms with Gasteiger partial charge in [-0.25, -0.2) is 0 Å². The molecule has 173 valence electrons. The van der Waals surface area contributed by atoms with Crippen LogP contribution in [0.2, 0.25) is 10.1 Å². The van der Waals surface area contributed by atoms with E-state index in [2.05, 4.69) is 87.5 Å². The maximum atomic E-state index is 6.77. The van der Waals surface area contributed by atoms with Gasteiger partial charge in [0.15, 0.2) is 0 Å². The minimum absolute atomic E-state index is 0.0988. The zero-order valence-electron chi connectivity index (χ0n) is 20.4. The molecule has 0 N–H and O–H groups in total. The Balaban J connectivity index is 2.09. The normalized spacial score (nSPS) is 12.9. The van der Waals surface area contributed by atoms with E-state index in [4.69, 9.17) is 13.9 Å². The molecule has 0 saturated heterocycles. The van der Waals surface area contributed by atoms with Crippen LogP contribution in [-0.2, 0) is 22.2 Å². The first kappa shape index (κ1) is 26.7. The maximum absolute atomic E-state index is 6.77. The summed E-state index contributed by atoms with van der Waals surface area (Å²) in [7, 11) is 0.498. The van der Waals surface area contributed by atoms with Crippen molar-refractivity contribution in [3.8, 4) is 17.6 Å². The summed E-state index contributed by atoms with van der Waals surface area (Å²) in [6.07, 6.45) is 0.568. The van der Waals surface area contributed by atoms with Crippen molar-refractivity contribution < 1.29 is 13.9 Å².